The van der Waals surface area contributed by atoms with Crippen LogP contribution >= 0.6 is 11.6 Å². The number of rotatable bonds is 6. The Morgan fingerprint density at radius 3 is 2.77 bits per heavy atom. The molecule has 3 heterocycles. The lowest BCUT2D eigenvalue weighted by atomic mass is 9.93. The Balaban J connectivity index is 1.51. The number of carbonyl (C=O) groups excluding carboxylic acids is 2. The number of hydrogen-bond acceptors (Lipinski definition) is 6. The Kier molecular flexibility index (Phi) is 7.48. The molecule has 168 valence electrons. The van der Waals surface area contributed by atoms with Crippen molar-refractivity contribution in [2.24, 2.45) is 5.92 Å². The monoisotopic (exact) mass is 447 g/mol. The molecule has 0 aromatic carbocycles. The third-order valence-electron chi connectivity index (χ3n) is 5.85. The van der Waals surface area contributed by atoms with Crippen molar-refractivity contribution in [3.05, 3.63) is 34.0 Å². The first-order valence-electron chi connectivity index (χ1n) is 10.6. The number of anilines is 1. The average Bonchev–Trinajstić information content (AvgIpc) is 3.00. The van der Waals surface area contributed by atoms with Gasteiger partial charge in [0.25, 0.3) is 5.91 Å². The highest BCUT2D eigenvalue weighted by Gasteiger charge is 2.26. The lowest BCUT2D eigenvalue weighted by Gasteiger charge is -2.25. The van der Waals surface area contributed by atoms with E-state index in [4.69, 9.17) is 17.3 Å². The number of nitrogens with two attached hydrogens (primary N) is 1. The number of amides is 2. The molecule has 9 nitrogen and oxygen atoms in total. The number of halogens is 1. The summed E-state index contributed by atoms with van der Waals surface area (Å²) >= 11 is 6.25. The third kappa shape index (κ3) is 5.72. The van der Waals surface area contributed by atoms with E-state index < -0.39 is 6.04 Å². The van der Waals surface area contributed by atoms with Gasteiger partial charge in [-0.25, -0.2) is 9.97 Å². The highest BCUT2D eigenvalue weighted by atomic mass is 35.5. The molecule has 0 aliphatic carbocycles. The lowest BCUT2D eigenvalue weighted by molar-refractivity contribution is -0.132. The normalized spacial score (nSPS) is 17.8. The standard InChI is InChI=1S/C21H30ClN7O2/c1-12-17(11-24-28-12)20(30)25-13(2)21(31)29-9-4-5-15(8-10-29)6-7-16-18(22)26-14(3)27-19(16)23/h11,13,15H,4-10H2,1-3H3,(H,24,28)(H,25,30)(H2,23,26,27)/t13-,15?/m0/s1. The molecule has 1 aliphatic rings. The summed E-state index contributed by atoms with van der Waals surface area (Å²) in [6.45, 7) is 6.62. The molecule has 1 unspecified atom stereocenters. The van der Waals surface area contributed by atoms with E-state index in [2.05, 4.69) is 25.5 Å². The van der Waals surface area contributed by atoms with E-state index in [-0.39, 0.29) is 11.8 Å². The van der Waals surface area contributed by atoms with Crippen molar-refractivity contribution in [1.82, 2.24) is 30.4 Å². The molecule has 31 heavy (non-hydrogen) atoms. The summed E-state index contributed by atoms with van der Waals surface area (Å²) in [6.07, 6.45) is 5.97. The number of aromatic nitrogens is 4. The second-order valence-electron chi connectivity index (χ2n) is 8.19. The fraction of sp³-hybridized carbons (Fsp3) is 0.571. The molecule has 10 heteroatoms. The van der Waals surface area contributed by atoms with Crippen LogP contribution in [-0.2, 0) is 11.2 Å². The molecule has 2 atom stereocenters. The topological polar surface area (TPSA) is 130 Å². The highest BCUT2D eigenvalue weighted by Crippen LogP contribution is 2.27. The summed E-state index contributed by atoms with van der Waals surface area (Å²) in [4.78, 5) is 35.5. The fourth-order valence-corrected chi connectivity index (χ4v) is 4.34. The van der Waals surface area contributed by atoms with Crippen LogP contribution in [0.4, 0.5) is 5.82 Å². The SMILES string of the molecule is Cc1nc(N)c(CCC2CCCN(C(=O)[C@H](C)NC(=O)c3cn[nH]c3C)CC2)c(Cl)n1. The van der Waals surface area contributed by atoms with E-state index in [0.717, 1.165) is 37.7 Å². The molecule has 2 aromatic rings. The van der Waals surface area contributed by atoms with Crippen LogP contribution in [0.15, 0.2) is 6.20 Å². The van der Waals surface area contributed by atoms with Gasteiger partial charge in [-0.15, -0.1) is 0 Å². The number of likely N-dealkylation sites (tertiary alicyclic amines) is 1. The summed E-state index contributed by atoms with van der Waals surface area (Å²) in [6, 6.07) is -0.596. The predicted octanol–water partition coefficient (Wildman–Crippen LogP) is 2.43. The molecule has 0 spiro atoms. The zero-order valence-electron chi connectivity index (χ0n) is 18.2. The maximum atomic E-state index is 12.9. The van der Waals surface area contributed by atoms with Gasteiger partial charge in [0.1, 0.15) is 22.8 Å². The van der Waals surface area contributed by atoms with E-state index in [1.165, 1.54) is 6.20 Å². The molecule has 4 N–H and O–H groups in total. The van der Waals surface area contributed by atoms with Crippen molar-refractivity contribution in [3.8, 4) is 0 Å². The van der Waals surface area contributed by atoms with Gasteiger partial charge < -0.3 is 16.0 Å². The summed E-state index contributed by atoms with van der Waals surface area (Å²) in [5, 5.41) is 9.79. The largest absolute Gasteiger partial charge is 0.383 e. The van der Waals surface area contributed by atoms with Crippen LogP contribution in [0.5, 0.6) is 0 Å². The van der Waals surface area contributed by atoms with E-state index in [0.29, 0.717) is 47.1 Å². The van der Waals surface area contributed by atoms with Gasteiger partial charge in [0.05, 0.1) is 11.8 Å². The van der Waals surface area contributed by atoms with Gasteiger partial charge in [-0.05, 0) is 58.8 Å². The molecule has 2 amide bonds. The zero-order valence-corrected chi connectivity index (χ0v) is 19.0. The van der Waals surface area contributed by atoms with Crippen LogP contribution in [0, 0.1) is 19.8 Å². The molecule has 1 fully saturated rings. The van der Waals surface area contributed by atoms with Crippen molar-refractivity contribution >= 4 is 29.2 Å². The molecule has 3 rings (SSSR count). The number of aromatic amines is 1. The Hall–Kier alpha value is -2.68. The molecule has 1 saturated heterocycles. The maximum Gasteiger partial charge on any atom is 0.255 e. The Morgan fingerprint density at radius 1 is 1.32 bits per heavy atom. The number of aryl methyl sites for hydroxylation is 2. The Morgan fingerprint density at radius 2 is 2.10 bits per heavy atom. The quantitative estimate of drug-likeness (QED) is 0.583. The van der Waals surface area contributed by atoms with Gasteiger partial charge in [-0.1, -0.05) is 11.6 Å². The van der Waals surface area contributed by atoms with Gasteiger partial charge in [-0.2, -0.15) is 5.10 Å². The van der Waals surface area contributed by atoms with E-state index >= 15 is 0 Å². The maximum absolute atomic E-state index is 12.9. The Labute approximate surface area is 187 Å². The number of carbonyl (C=O) groups is 2. The fourth-order valence-electron chi connectivity index (χ4n) is 4.03. The number of H-pyrrole nitrogens is 1. The van der Waals surface area contributed by atoms with Crippen molar-refractivity contribution in [3.63, 3.8) is 0 Å². The molecule has 0 saturated carbocycles. The van der Waals surface area contributed by atoms with Crippen LogP contribution in [0.3, 0.4) is 0 Å². The van der Waals surface area contributed by atoms with Crippen LogP contribution in [0.2, 0.25) is 5.15 Å². The smallest absolute Gasteiger partial charge is 0.255 e. The third-order valence-corrected chi connectivity index (χ3v) is 6.17. The average molecular weight is 448 g/mol. The zero-order chi connectivity index (χ0) is 22.5. The first kappa shape index (κ1) is 23.0. The van der Waals surface area contributed by atoms with Gasteiger partial charge >= 0.3 is 0 Å². The molecule has 2 aromatic heterocycles. The first-order chi connectivity index (χ1) is 14.8. The summed E-state index contributed by atoms with van der Waals surface area (Å²) in [7, 11) is 0. The number of nitrogens with zero attached hydrogens (tertiary/aromatic N) is 4. The molecule has 0 bridgehead atoms. The number of hydrogen-bond donors (Lipinski definition) is 3. The van der Waals surface area contributed by atoms with Crippen molar-refractivity contribution in [1.29, 1.82) is 0 Å². The minimum absolute atomic E-state index is 0.0608. The molecule has 0 radical (unpaired) electrons. The first-order valence-corrected chi connectivity index (χ1v) is 11.0. The van der Waals surface area contributed by atoms with Gasteiger partial charge in [0, 0.05) is 24.3 Å². The summed E-state index contributed by atoms with van der Waals surface area (Å²) in [5.74, 6) is 1.12. The van der Waals surface area contributed by atoms with E-state index in [1.54, 1.807) is 20.8 Å². The predicted molar refractivity (Wildman–Crippen MR) is 119 cm³/mol. The van der Waals surface area contributed by atoms with Crippen LogP contribution in [0.25, 0.3) is 0 Å². The van der Waals surface area contributed by atoms with Crippen molar-refractivity contribution < 1.29 is 9.59 Å². The Bertz CT molecular complexity index is 923. The van der Waals surface area contributed by atoms with Crippen LogP contribution < -0.4 is 11.1 Å². The molecule has 1 aliphatic heterocycles. The second kappa shape index (κ2) is 10.1. The van der Waals surface area contributed by atoms with Crippen LogP contribution in [0.1, 0.15) is 60.0 Å². The van der Waals surface area contributed by atoms with Crippen molar-refractivity contribution in [2.45, 2.75) is 58.9 Å². The van der Waals surface area contributed by atoms with Crippen molar-refractivity contribution in [2.75, 3.05) is 18.8 Å². The van der Waals surface area contributed by atoms with E-state index in [1.807, 2.05) is 4.90 Å². The highest BCUT2D eigenvalue weighted by molar-refractivity contribution is 6.30. The summed E-state index contributed by atoms with van der Waals surface area (Å²) < 4.78 is 0. The van der Waals surface area contributed by atoms with E-state index in [9.17, 15) is 9.59 Å². The molecular formula is C21H30ClN7O2. The van der Waals surface area contributed by atoms with Crippen LogP contribution in [-0.4, -0.2) is 56.0 Å². The lowest BCUT2D eigenvalue weighted by Crippen LogP contribution is -2.47. The number of nitrogens with one attached hydrogen (secondary N) is 2. The number of nitrogen functional groups attached to an aromatic ring is 1. The minimum atomic E-state index is -0.596. The minimum Gasteiger partial charge on any atom is -0.383 e. The van der Waals surface area contributed by atoms with Gasteiger partial charge in [0.15, 0.2) is 0 Å². The summed E-state index contributed by atoms with van der Waals surface area (Å²) in [5.41, 5.74) is 7.95. The van der Waals surface area contributed by atoms with Gasteiger partial charge in [-0.3, -0.25) is 14.7 Å². The second-order valence-corrected chi connectivity index (χ2v) is 8.55. The van der Waals surface area contributed by atoms with Gasteiger partial charge in [0.2, 0.25) is 5.91 Å². The molecular weight excluding hydrogens is 418 g/mol.